The van der Waals surface area contributed by atoms with Crippen molar-refractivity contribution in [3.8, 4) is 11.5 Å². The summed E-state index contributed by atoms with van der Waals surface area (Å²) in [4.78, 5) is 10.1. The minimum absolute atomic E-state index is 0.0402. The first-order chi connectivity index (χ1) is 11.9. The molecule has 0 amide bonds. The number of nitrogens with zero attached hydrogens (tertiary/aromatic N) is 1. The molecule has 1 heterocycles. The summed E-state index contributed by atoms with van der Waals surface area (Å²) in [5, 5.41) is 10.6. The number of nitrogens with one attached hydrogen (secondary N) is 1. The standard InChI is InChI=1S/C15H13N3O6S/c16-15(10-1-3-11(4-2-10)18(19)20)17-25(21,22)12-5-6-13-14(9-12)24-8-7-23-13/h1-6,9H,7-8H2,(H2,16,17)/p+1. The number of nitro groups is 1. The normalized spacial score (nSPS) is 14.2. The number of nitro benzene ring substituents is 1. The maximum Gasteiger partial charge on any atom is 0.329 e. The second-order valence-corrected chi connectivity index (χ2v) is 6.81. The Kier molecular flexibility index (Phi) is 4.28. The zero-order chi connectivity index (χ0) is 18.0. The van der Waals surface area contributed by atoms with Crippen LogP contribution in [0.3, 0.4) is 0 Å². The molecule has 3 rings (SSSR count). The summed E-state index contributed by atoms with van der Waals surface area (Å²) < 4.78 is 37.9. The highest BCUT2D eigenvalue weighted by Gasteiger charge is 2.22. The van der Waals surface area contributed by atoms with Gasteiger partial charge in [-0.1, -0.05) is 0 Å². The third-order valence-electron chi connectivity index (χ3n) is 3.46. The molecule has 0 atom stereocenters. The molecule has 1 aliphatic rings. The van der Waals surface area contributed by atoms with Crippen LogP contribution in [0.5, 0.6) is 11.5 Å². The number of nitrogens with two attached hydrogens (primary N) is 1. The Morgan fingerprint density at radius 2 is 1.72 bits per heavy atom. The molecular formula is C15H14N3O6S+. The molecule has 9 nitrogen and oxygen atoms in total. The molecule has 0 spiro atoms. The zero-order valence-electron chi connectivity index (χ0n) is 12.8. The Balaban J connectivity index is 1.91. The maximum atomic E-state index is 12.5. The maximum absolute atomic E-state index is 12.5. The molecule has 0 radical (unpaired) electrons. The average Bonchev–Trinajstić information content (AvgIpc) is 2.61. The third-order valence-corrected chi connectivity index (χ3v) is 4.82. The van der Waals surface area contributed by atoms with Crippen LogP contribution < -0.4 is 19.6 Å². The molecule has 0 unspecified atom stereocenters. The lowest BCUT2D eigenvalue weighted by atomic mass is 10.2. The van der Waals surface area contributed by atoms with E-state index in [0.29, 0.717) is 30.3 Å². The topological polar surface area (TPSA) is 136 Å². The number of hydrogen-bond acceptors (Lipinski definition) is 6. The number of ether oxygens (including phenoxy) is 2. The van der Waals surface area contributed by atoms with Gasteiger partial charge >= 0.3 is 10.0 Å². The fraction of sp³-hybridized carbons (Fsp3) is 0.133. The molecule has 0 aromatic heterocycles. The number of fused-ring (bicyclic) bond motifs is 1. The largest absolute Gasteiger partial charge is 0.486 e. The van der Waals surface area contributed by atoms with E-state index in [9.17, 15) is 18.5 Å². The van der Waals surface area contributed by atoms with Gasteiger partial charge in [-0.15, -0.1) is 0 Å². The van der Waals surface area contributed by atoms with Gasteiger partial charge < -0.3 is 9.47 Å². The van der Waals surface area contributed by atoms with Crippen LogP contribution in [0.25, 0.3) is 0 Å². The van der Waals surface area contributed by atoms with Crippen molar-refractivity contribution in [1.29, 1.82) is 0 Å². The summed E-state index contributed by atoms with van der Waals surface area (Å²) in [6.45, 7) is 0.735. The van der Waals surface area contributed by atoms with Gasteiger partial charge in [0.15, 0.2) is 11.5 Å². The molecule has 25 heavy (non-hydrogen) atoms. The molecule has 3 N–H and O–H groups in total. The van der Waals surface area contributed by atoms with E-state index in [1.54, 1.807) is 0 Å². The predicted octanol–water partition coefficient (Wildman–Crippen LogP) is -0.459. The predicted molar refractivity (Wildman–Crippen MR) is 87.0 cm³/mol. The van der Waals surface area contributed by atoms with E-state index in [2.05, 4.69) is 4.40 Å². The first-order valence-electron chi connectivity index (χ1n) is 7.16. The molecule has 0 saturated heterocycles. The van der Waals surface area contributed by atoms with Crippen molar-refractivity contribution in [3.63, 3.8) is 0 Å². The van der Waals surface area contributed by atoms with E-state index in [0.717, 1.165) is 0 Å². The second kappa shape index (κ2) is 6.40. The molecular weight excluding hydrogens is 350 g/mol. The molecule has 0 aliphatic carbocycles. The van der Waals surface area contributed by atoms with Crippen LogP contribution in [-0.4, -0.2) is 32.4 Å². The van der Waals surface area contributed by atoms with Crippen molar-refractivity contribution in [2.75, 3.05) is 13.2 Å². The molecule has 0 fully saturated rings. The van der Waals surface area contributed by atoms with Gasteiger partial charge in [0.25, 0.3) is 11.5 Å². The fourth-order valence-electron chi connectivity index (χ4n) is 2.22. The van der Waals surface area contributed by atoms with Crippen molar-refractivity contribution >= 4 is 21.5 Å². The Labute approximate surface area is 142 Å². The first-order valence-corrected chi connectivity index (χ1v) is 8.65. The lowest BCUT2D eigenvalue weighted by Crippen LogP contribution is -2.78. The van der Waals surface area contributed by atoms with E-state index in [4.69, 9.17) is 15.2 Å². The summed E-state index contributed by atoms with van der Waals surface area (Å²) in [5.41, 5.74) is 5.98. The lowest BCUT2D eigenvalue weighted by Gasteiger charge is -2.18. The van der Waals surface area contributed by atoms with E-state index in [1.807, 2.05) is 0 Å². The highest BCUT2D eigenvalue weighted by atomic mass is 32.2. The third kappa shape index (κ3) is 3.53. The van der Waals surface area contributed by atoms with Crippen LogP contribution in [0.1, 0.15) is 5.56 Å². The quantitative estimate of drug-likeness (QED) is 0.324. The van der Waals surface area contributed by atoms with Gasteiger partial charge in [-0.3, -0.25) is 15.8 Å². The molecule has 2 aromatic rings. The van der Waals surface area contributed by atoms with Crippen LogP contribution in [0.2, 0.25) is 0 Å². The van der Waals surface area contributed by atoms with Gasteiger partial charge in [0, 0.05) is 18.2 Å². The number of amidine groups is 1. The van der Waals surface area contributed by atoms with Gasteiger partial charge in [-0.2, -0.15) is 12.8 Å². The summed E-state index contributed by atoms with van der Waals surface area (Å²) in [6.07, 6.45) is 0. The highest BCUT2D eigenvalue weighted by molar-refractivity contribution is 7.84. The van der Waals surface area contributed by atoms with Crippen LogP contribution in [0, 0.1) is 10.1 Å². The SMILES string of the molecule is NC(=[NH+]S(=O)(=O)c1ccc2c(c1)OCCO2)c1ccc([N+](=O)[O-])cc1. The molecule has 0 saturated carbocycles. The van der Waals surface area contributed by atoms with Crippen molar-refractivity contribution in [2.45, 2.75) is 4.90 Å². The van der Waals surface area contributed by atoms with Crippen molar-refractivity contribution in [2.24, 2.45) is 5.73 Å². The summed E-state index contributed by atoms with van der Waals surface area (Å²) in [6, 6.07) is 9.42. The summed E-state index contributed by atoms with van der Waals surface area (Å²) >= 11 is 0. The van der Waals surface area contributed by atoms with E-state index in [-0.39, 0.29) is 16.4 Å². The van der Waals surface area contributed by atoms with Crippen molar-refractivity contribution < 1.29 is 27.2 Å². The second-order valence-electron chi connectivity index (χ2n) is 5.13. The fourth-order valence-corrected chi connectivity index (χ4v) is 3.25. The Morgan fingerprint density at radius 1 is 1.08 bits per heavy atom. The van der Waals surface area contributed by atoms with Gasteiger partial charge in [0.05, 0.1) is 10.5 Å². The van der Waals surface area contributed by atoms with Gasteiger partial charge in [0.2, 0.25) is 0 Å². The van der Waals surface area contributed by atoms with E-state index >= 15 is 0 Å². The lowest BCUT2D eigenvalue weighted by molar-refractivity contribution is -0.384. The number of nitrogen functional groups attached to an aromatic ring is 1. The van der Waals surface area contributed by atoms with Gasteiger partial charge in [-0.05, 0) is 24.3 Å². The number of benzene rings is 2. The van der Waals surface area contributed by atoms with Crippen LogP contribution in [0.4, 0.5) is 5.69 Å². The smallest absolute Gasteiger partial charge is 0.329 e. The number of hydrogen-bond donors (Lipinski definition) is 2. The monoisotopic (exact) mass is 364 g/mol. The van der Waals surface area contributed by atoms with Gasteiger partial charge in [0.1, 0.15) is 18.1 Å². The minimum atomic E-state index is -3.95. The Bertz CT molecular complexity index is 954. The molecule has 2 aromatic carbocycles. The number of rotatable bonds is 4. The zero-order valence-corrected chi connectivity index (χ0v) is 13.7. The van der Waals surface area contributed by atoms with Crippen LogP contribution >= 0.6 is 0 Å². The summed E-state index contributed by atoms with van der Waals surface area (Å²) in [5.74, 6) is 0.658. The minimum Gasteiger partial charge on any atom is -0.486 e. The van der Waals surface area contributed by atoms with E-state index < -0.39 is 14.9 Å². The number of non-ortho nitro benzene ring substituents is 1. The molecule has 1 aliphatic heterocycles. The van der Waals surface area contributed by atoms with Crippen LogP contribution in [-0.2, 0) is 10.0 Å². The van der Waals surface area contributed by atoms with Crippen molar-refractivity contribution in [3.05, 3.63) is 58.1 Å². The highest BCUT2D eigenvalue weighted by Crippen LogP contribution is 2.31. The summed E-state index contributed by atoms with van der Waals surface area (Å²) in [7, 11) is -3.95. The Hall–Kier alpha value is -3.14. The van der Waals surface area contributed by atoms with Gasteiger partial charge in [-0.25, -0.2) is 0 Å². The molecule has 10 heteroatoms. The first kappa shape index (κ1) is 16.7. The molecule has 0 bridgehead atoms. The van der Waals surface area contributed by atoms with Crippen LogP contribution in [0.15, 0.2) is 47.4 Å². The average molecular weight is 364 g/mol. The number of sulfonamides is 1. The van der Waals surface area contributed by atoms with Crippen molar-refractivity contribution in [1.82, 2.24) is 0 Å². The molecule has 130 valence electrons. The Morgan fingerprint density at radius 3 is 2.36 bits per heavy atom. The van der Waals surface area contributed by atoms with E-state index in [1.165, 1.54) is 42.5 Å².